The van der Waals surface area contributed by atoms with Gasteiger partial charge in [-0.2, -0.15) is 0 Å². The summed E-state index contributed by atoms with van der Waals surface area (Å²) in [5.74, 6) is -0.555. The van der Waals surface area contributed by atoms with Gasteiger partial charge < -0.3 is 9.84 Å². The summed E-state index contributed by atoms with van der Waals surface area (Å²) in [5, 5.41) is 9.98. The highest BCUT2D eigenvalue weighted by atomic mass is 35.5. The van der Waals surface area contributed by atoms with Gasteiger partial charge in [0, 0.05) is 10.6 Å². The molecule has 3 nitrogen and oxygen atoms in total. The zero-order valence-corrected chi connectivity index (χ0v) is 12.5. The summed E-state index contributed by atoms with van der Waals surface area (Å²) in [4.78, 5) is 11.6. The molecule has 0 aliphatic carbocycles. The second kappa shape index (κ2) is 6.46. The van der Waals surface area contributed by atoms with E-state index in [-0.39, 0.29) is 5.57 Å². The first kappa shape index (κ1) is 15.1. The molecule has 0 aliphatic heterocycles. The minimum atomic E-state index is -1.03. The van der Waals surface area contributed by atoms with Crippen LogP contribution in [-0.2, 0) is 4.79 Å². The smallest absolute Gasteiger partial charge is 0.336 e. The van der Waals surface area contributed by atoms with E-state index in [0.717, 1.165) is 11.1 Å². The summed E-state index contributed by atoms with van der Waals surface area (Å²) in [7, 11) is 1.50. The van der Waals surface area contributed by atoms with Crippen LogP contribution in [0.5, 0.6) is 5.75 Å². The maximum absolute atomic E-state index is 11.6. The molecule has 0 atom stereocenters. The molecule has 0 radical (unpaired) electrons. The van der Waals surface area contributed by atoms with Gasteiger partial charge >= 0.3 is 5.97 Å². The molecule has 0 heterocycles. The monoisotopic (exact) mass is 302 g/mol. The molecule has 4 heteroatoms. The van der Waals surface area contributed by atoms with E-state index in [2.05, 4.69) is 0 Å². The normalized spacial score (nSPS) is 11.3. The van der Waals surface area contributed by atoms with E-state index in [0.29, 0.717) is 16.3 Å². The van der Waals surface area contributed by atoms with Gasteiger partial charge in [-0.15, -0.1) is 0 Å². The first-order valence-corrected chi connectivity index (χ1v) is 6.75. The average Bonchev–Trinajstić information content (AvgIpc) is 2.46. The molecule has 21 heavy (non-hydrogen) atoms. The topological polar surface area (TPSA) is 46.5 Å². The molecule has 0 amide bonds. The number of halogens is 1. The van der Waals surface area contributed by atoms with E-state index >= 15 is 0 Å². The van der Waals surface area contributed by atoms with Crippen LogP contribution < -0.4 is 4.74 Å². The number of carboxylic acid groups (broad SMARTS) is 1. The van der Waals surface area contributed by atoms with Crippen molar-refractivity contribution in [2.75, 3.05) is 7.11 Å². The zero-order valence-electron chi connectivity index (χ0n) is 11.8. The highest BCUT2D eigenvalue weighted by Gasteiger charge is 2.16. The van der Waals surface area contributed by atoms with Crippen molar-refractivity contribution in [3.05, 3.63) is 64.2 Å². The fourth-order valence-electron chi connectivity index (χ4n) is 2.05. The minimum absolute atomic E-state index is 0.142. The highest BCUT2D eigenvalue weighted by molar-refractivity contribution is 6.31. The quantitative estimate of drug-likeness (QED) is 0.677. The van der Waals surface area contributed by atoms with Gasteiger partial charge in [-0.3, -0.25) is 0 Å². The Morgan fingerprint density at radius 2 is 1.95 bits per heavy atom. The average molecular weight is 303 g/mol. The molecular formula is C17H15ClO3. The lowest BCUT2D eigenvalue weighted by atomic mass is 10.00. The first-order valence-electron chi connectivity index (χ1n) is 6.37. The van der Waals surface area contributed by atoms with Crippen molar-refractivity contribution in [2.24, 2.45) is 0 Å². The SMILES string of the molecule is COc1ccc(Cl)cc1/C(=C/c1ccccc1C)C(=O)O. The largest absolute Gasteiger partial charge is 0.496 e. The molecule has 2 aromatic rings. The highest BCUT2D eigenvalue weighted by Crippen LogP contribution is 2.31. The van der Waals surface area contributed by atoms with Crippen LogP contribution in [0.1, 0.15) is 16.7 Å². The Morgan fingerprint density at radius 1 is 1.24 bits per heavy atom. The van der Waals surface area contributed by atoms with Gasteiger partial charge in [-0.1, -0.05) is 35.9 Å². The van der Waals surface area contributed by atoms with Gasteiger partial charge in [0.1, 0.15) is 5.75 Å². The molecule has 0 saturated carbocycles. The summed E-state index contributed by atoms with van der Waals surface area (Å²) in [6.07, 6.45) is 1.63. The predicted octanol–water partition coefficient (Wildman–Crippen LogP) is 4.28. The molecule has 0 fully saturated rings. The Balaban J connectivity index is 2.63. The fourth-order valence-corrected chi connectivity index (χ4v) is 2.22. The van der Waals surface area contributed by atoms with Crippen molar-refractivity contribution in [1.82, 2.24) is 0 Å². The Bertz CT molecular complexity index is 705. The van der Waals surface area contributed by atoms with E-state index in [1.807, 2.05) is 31.2 Å². The fraction of sp³-hybridized carbons (Fsp3) is 0.118. The number of benzene rings is 2. The third-order valence-electron chi connectivity index (χ3n) is 3.17. The first-order chi connectivity index (χ1) is 10.0. The second-order valence-electron chi connectivity index (χ2n) is 4.56. The van der Waals surface area contributed by atoms with Crippen LogP contribution in [0.3, 0.4) is 0 Å². The summed E-state index contributed by atoms with van der Waals surface area (Å²) in [6, 6.07) is 12.5. The lowest BCUT2D eigenvalue weighted by Gasteiger charge is -2.10. The lowest BCUT2D eigenvalue weighted by Crippen LogP contribution is -2.02. The van der Waals surface area contributed by atoms with E-state index in [1.165, 1.54) is 7.11 Å². The Kier molecular flexibility index (Phi) is 4.66. The van der Waals surface area contributed by atoms with Gasteiger partial charge in [0.2, 0.25) is 0 Å². The molecule has 0 bridgehead atoms. The number of aliphatic carboxylic acids is 1. The predicted molar refractivity (Wildman–Crippen MR) is 84.7 cm³/mol. The molecule has 1 N–H and O–H groups in total. The van der Waals surface area contributed by atoms with Crippen LogP contribution in [0, 0.1) is 6.92 Å². The van der Waals surface area contributed by atoms with Gasteiger partial charge in [0.25, 0.3) is 0 Å². The Morgan fingerprint density at radius 3 is 2.57 bits per heavy atom. The molecule has 0 saturated heterocycles. The third-order valence-corrected chi connectivity index (χ3v) is 3.41. The van der Waals surface area contributed by atoms with Crippen LogP contribution in [-0.4, -0.2) is 18.2 Å². The number of aryl methyl sites for hydroxylation is 1. The number of carboxylic acids is 1. The summed E-state index contributed by atoms with van der Waals surface area (Å²) < 4.78 is 5.24. The van der Waals surface area contributed by atoms with Crippen molar-refractivity contribution in [2.45, 2.75) is 6.92 Å². The van der Waals surface area contributed by atoms with Crippen LogP contribution >= 0.6 is 11.6 Å². The molecular weight excluding hydrogens is 288 g/mol. The molecule has 0 aliphatic rings. The molecule has 2 rings (SSSR count). The molecule has 0 aromatic heterocycles. The maximum Gasteiger partial charge on any atom is 0.336 e. The zero-order chi connectivity index (χ0) is 15.4. The van der Waals surface area contributed by atoms with Crippen LogP contribution in [0.25, 0.3) is 11.6 Å². The number of rotatable bonds is 4. The summed E-state index contributed by atoms with van der Waals surface area (Å²) >= 11 is 5.98. The van der Waals surface area contributed by atoms with Crippen molar-refractivity contribution < 1.29 is 14.6 Å². The van der Waals surface area contributed by atoms with Crippen LogP contribution in [0.15, 0.2) is 42.5 Å². The third kappa shape index (κ3) is 3.44. The number of carbonyl (C=O) groups is 1. The number of hydrogen-bond acceptors (Lipinski definition) is 2. The standard InChI is InChI=1S/C17H15ClO3/c1-11-5-3-4-6-12(11)9-15(17(19)20)14-10-13(18)7-8-16(14)21-2/h3-10H,1-2H3,(H,19,20)/b15-9-. The minimum Gasteiger partial charge on any atom is -0.496 e. The second-order valence-corrected chi connectivity index (χ2v) is 5.00. The van der Waals surface area contributed by atoms with E-state index < -0.39 is 5.97 Å². The molecule has 0 unspecified atom stereocenters. The number of ether oxygens (including phenoxy) is 1. The van der Waals surface area contributed by atoms with Crippen molar-refractivity contribution in [3.63, 3.8) is 0 Å². The van der Waals surface area contributed by atoms with Gasteiger partial charge in [0.15, 0.2) is 0 Å². The number of hydrogen-bond donors (Lipinski definition) is 1. The van der Waals surface area contributed by atoms with Gasteiger partial charge in [0.05, 0.1) is 12.7 Å². The molecule has 108 valence electrons. The maximum atomic E-state index is 11.6. The van der Waals surface area contributed by atoms with E-state index in [9.17, 15) is 9.90 Å². The molecule has 0 spiro atoms. The van der Waals surface area contributed by atoms with Crippen molar-refractivity contribution >= 4 is 29.2 Å². The Hall–Kier alpha value is -2.26. The Labute approximate surface area is 128 Å². The van der Waals surface area contributed by atoms with E-state index in [4.69, 9.17) is 16.3 Å². The van der Waals surface area contributed by atoms with Gasteiger partial charge in [-0.25, -0.2) is 4.79 Å². The number of methoxy groups -OCH3 is 1. The summed E-state index contributed by atoms with van der Waals surface area (Å²) in [5.41, 5.74) is 2.44. The molecule has 2 aromatic carbocycles. The van der Waals surface area contributed by atoms with Crippen molar-refractivity contribution in [1.29, 1.82) is 0 Å². The van der Waals surface area contributed by atoms with Gasteiger partial charge in [-0.05, 0) is 42.3 Å². The lowest BCUT2D eigenvalue weighted by molar-refractivity contribution is -0.130. The van der Waals surface area contributed by atoms with Crippen molar-refractivity contribution in [3.8, 4) is 5.75 Å². The van der Waals surface area contributed by atoms with Crippen LogP contribution in [0.2, 0.25) is 5.02 Å². The summed E-state index contributed by atoms with van der Waals surface area (Å²) in [6.45, 7) is 1.93. The van der Waals surface area contributed by atoms with Crippen LogP contribution in [0.4, 0.5) is 0 Å². The van der Waals surface area contributed by atoms with E-state index in [1.54, 1.807) is 24.3 Å².